The van der Waals surface area contributed by atoms with E-state index >= 15 is 0 Å². The molecule has 1 aromatic heterocycles. The summed E-state index contributed by atoms with van der Waals surface area (Å²) in [4.78, 5) is 3.91. The number of hydrogen-bond donors (Lipinski definition) is 0. The molecule has 1 heterocycles. The Balaban J connectivity index is 2.75. The van der Waals surface area contributed by atoms with E-state index in [9.17, 15) is 0 Å². The highest BCUT2D eigenvalue weighted by Gasteiger charge is 1.99. The fourth-order valence-corrected chi connectivity index (χ4v) is 0.771. The van der Waals surface area contributed by atoms with Gasteiger partial charge >= 0.3 is 0 Å². The smallest absolute Gasteiger partial charge is 0.0794 e. The predicted molar refractivity (Wildman–Crippen MR) is 39.7 cm³/mol. The zero-order valence-corrected chi connectivity index (χ0v) is 6.24. The second-order valence-corrected chi connectivity index (χ2v) is 2.16. The molecule has 2 nitrogen and oxygen atoms in total. The van der Waals surface area contributed by atoms with Crippen molar-refractivity contribution >= 4 is 0 Å². The number of ether oxygens (including phenoxy) is 1. The zero-order valence-electron chi connectivity index (χ0n) is 6.24. The molecule has 0 aliphatic heterocycles. The average Bonchev–Trinajstić information content (AvgIpc) is 2.05. The lowest BCUT2D eigenvalue weighted by Crippen LogP contribution is -1.94. The largest absolute Gasteiger partial charge is 0.377 e. The minimum Gasteiger partial charge on any atom is -0.377 e. The SMILES string of the molecule is CO[C@@H](C)c1ccncc1. The van der Waals surface area contributed by atoms with Gasteiger partial charge in [0, 0.05) is 19.5 Å². The Morgan fingerprint density at radius 2 is 2.00 bits per heavy atom. The Morgan fingerprint density at radius 3 is 2.50 bits per heavy atom. The molecule has 1 atom stereocenters. The number of methoxy groups -OCH3 is 1. The topological polar surface area (TPSA) is 22.1 Å². The van der Waals surface area contributed by atoms with E-state index in [-0.39, 0.29) is 6.10 Å². The third kappa shape index (κ3) is 1.54. The van der Waals surface area contributed by atoms with E-state index in [4.69, 9.17) is 4.74 Å². The summed E-state index contributed by atoms with van der Waals surface area (Å²) in [6.45, 7) is 2.01. The molecule has 0 saturated carbocycles. The molecule has 54 valence electrons. The third-order valence-corrected chi connectivity index (χ3v) is 1.53. The van der Waals surface area contributed by atoms with Crippen LogP contribution in [0.1, 0.15) is 18.6 Å². The molecule has 1 rings (SSSR count). The summed E-state index contributed by atoms with van der Waals surface area (Å²) in [7, 11) is 1.70. The van der Waals surface area contributed by atoms with Gasteiger partial charge in [-0.3, -0.25) is 4.98 Å². The number of nitrogens with zero attached hydrogens (tertiary/aromatic N) is 1. The Kier molecular flexibility index (Phi) is 2.40. The fraction of sp³-hybridized carbons (Fsp3) is 0.375. The lowest BCUT2D eigenvalue weighted by molar-refractivity contribution is 0.119. The first-order valence-corrected chi connectivity index (χ1v) is 3.27. The highest BCUT2D eigenvalue weighted by Crippen LogP contribution is 2.12. The minimum absolute atomic E-state index is 0.169. The molecule has 0 saturated heterocycles. The monoisotopic (exact) mass is 137 g/mol. The second kappa shape index (κ2) is 3.32. The second-order valence-electron chi connectivity index (χ2n) is 2.16. The van der Waals surface area contributed by atoms with Crippen molar-refractivity contribution < 1.29 is 4.74 Å². The summed E-state index contributed by atoms with van der Waals surface area (Å²) in [6.07, 6.45) is 3.71. The van der Waals surface area contributed by atoms with Crippen LogP contribution in [0.15, 0.2) is 24.5 Å². The number of pyridine rings is 1. The summed E-state index contributed by atoms with van der Waals surface area (Å²) >= 11 is 0. The fourth-order valence-electron chi connectivity index (χ4n) is 0.771. The number of aromatic nitrogens is 1. The Bertz CT molecular complexity index is 186. The van der Waals surface area contributed by atoms with Gasteiger partial charge in [0.1, 0.15) is 0 Å². The van der Waals surface area contributed by atoms with Gasteiger partial charge in [-0.2, -0.15) is 0 Å². The van der Waals surface area contributed by atoms with Crippen LogP contribution in [-0.2, 0) is 4.74 Å². The van der Waals surface area contributed by atoms with Crippen molar-refractivity contribution in [1.82, 2.24) is 4.98 Å². The molecule has 2 heteroatoms. The third-order valence-electron chi connectivity index (χ3n) is 1.53. The summed E-state index contributed by atoms with van der Waals surface area (Å²) < 4.78 is 5.11. The summed E-state index contributed by atoms with van der Waals surface area (Å²) in [5.41, 5.74) is 1.16. The highest BCUT2D eigenvalue weighted by molar-refractivity contribution is 5.12. The van der Waals surface area contributed by atoms with Crippen LogP contribution in [0.4, 0.5) is 0 Å². The van der Waals surface area contributed by atoms with Gasteiger partial charge in [-0.1, -0.05) is 0 Å². The molecule has 0 aliphatic carbocycles. The predicted octanol–water partition coefficient (Wildman–Crippen LogP) is 1.79. The molecular weight excluding hydrogens is 126 g/mol. The zero-order chi connectivity index (χ0) is 7.40. The van der Waals surface area contributed by atoms with Crippen molar-refractivity contribution in [2.75, 3.05) is 7.11 Å². The van der Waals surface area contributed by atoms with Gasteiger partial charge in [-0.05, 0) is 24.6 Å². The molecule has 1 aromatic rings. The van der Waals surface area contributed by atoms with Gasteiger partial charge in [0.25, 0.3) is 0 Å². The van der Waals surface area contributed by atoms with Gasteiger partial charge in [-0.25, -0.2) is 0 Å². The first-order valence-electron chi connectivity index (χ1n) is 3.27. The van der Waals surface area contributed by atoms with Crippen LogP contribution < -0.4 is 0 Å². The van der Waals surface area contributed by atoms with Crippen molar-refractivity contribution in [3.8, 4) is 0 Å². The van der Waals surface area contributed by atoms with Crippen molar-refractivity contribution in [3.63, 3.8) is 0 Å². The maximum atomic E-state index is 5.11. The molecule has 10 heavy (non-hydrogen) atoms. The molecule has 0 unspecified atom stereocenters. The highest BCUT2D eigenvalue weighted by atomic mass is 16.5. The van der Waals surface area contributed by atoms with Gasteiger partial charge in [0.15, 0.2) is 0 Å². The standard InChI is InChI=1S/C8H11NO/c1-7(10-2)8-3-5-9-6-4-8/h3-7H,1-2H3/t7-/m0/s1. The van der Waals surface area contributed by atoms with Gasteiger partial charge < -0.3 is 4.74 Å². The number of rotatable bonds is 2. The van der Waals surface area contributed by atoms with Crippen LogP contribution >= 0.6 is 0 Å². The minimum atomic E-state index is 0.169. The molecule has 0 radical (unpaired) electrons. The molecule has 0 bridgehead atoms. The van der Waals surface area contributed by atoms with Crippen molar-refractivity contribution in [1.29, 1.82) is 0 Å². The average molecular weight is 137 g/mol. The molecule has 0 aliphatic rings. The first-order chi connectivity index (χ1) is 4.84. The van der Waals surface area contributed by atoms with Crippen LogP contribution in [-0.4, -0.2) is 12.1 Å². The number of hydrogen-bond acceptors (Lipinski definition) is 2. The van der Waals surface area contributed by atoms with Gasteiger partial charge in [0.05, 0.1) is 6.10 Å². The van der Waals surface area contributed by atoms with Crippen LogP contribution in [0.5, 0.6) is 0 Å². The molecular formula is C8H11NO. The Labute approximate surface area is 60.9 Å². The van der Waals surface area contributed by atoms with Crippen molar-refractivity contribution in [3.05, 3.63) is 30.1 Å². The Morgan fingerprint density at radius 1 is 1.40 bits per heavy atom. The lowest BCUT2D eigenvalue weighted by atomic mass is 10.2. The van der Waals surface area contributed by atoms with Crippen molar-refractivity contribution in [2.45, 2.75) is 13.0 Å². The molecule has 0 N–H and O–H groups in total. The van der Waals surface area contributed by atoms with E-state index in [1.54, 1.807) is 19.5 Å². The van der Waals surface area contributed by atoms with E-state index in [1.807, 2.05) is 19.1 Å². The molecule has 0 amide bonds. The van der Waals surface area contributed by atoms with E-state index < -0.39 is 0 Å². The first kappa shape index (κ1) is 7.22. The van der Waals surface area contributed by atoms with E-state index in [0.29, 0.717) is 0 Å². The molecule has 0 aromatic carbocycles. The maximum Gasteiger partial charge on any atom is 0.0794 e. The van der Waals surface area contributed by atoms with E-state index in [2.05, 4.69) is 4.98 Å². The summed E-state index contributed by atoms with van der Waals surface area (Å²) in [6, 6.07) is 3.91. The lowest BCUT2D eigenvalue weighted by Gasteiger charge is -2.07. The van der Waals surface area contributed by atoms with Crippen LogP contribution in [0.3, 0.4) is 0 Å². The molecule has 0 fully saturated rings. The van der Waals surface area contributed by atoms with Crippen LogP contribution in [0, 0.1) is 0 Å². The normalized spacial score (nSPS) is 13.0. The molecule has 0 spiro atoms. The van der Waals surface area contributed by atoms with Crippen LogP contribution in [0.2, 0.25) is 0 Å². The summed E-state index contributed by atoms with van der Waals surface area (Å²) in [5, 5.41) is 0. The summed E-state index contributed by atoms with van der Waals surface area (Å²) in [5.74, 6) is 0. The maximum absolute atomic E-state index is 5.11. The van der Waals surface area contributed by atoms with Crippen LogP contribution in [0.25, 0.3) is 0 Å². The van der Waals surface area contributed by atoms with Gasteiger partial charge in [-0.15, -0.1) is 0 Å². The quantitative estimate of drug-likeness (QED) is 0.620. The van der Waals surface area contributed by atoms with Gasteiger partial charge in [0.2, 0.25) is 0 Å². The van der Waals surface area contributed by atoms with Crippen molar-refractivity contribution in [2.24, 2.45) is 0 Å². The van der Waals surface area contributed by atoms with E-state index in [1.165, 1.54) is 0 Å². The van der Waals surface area contributed by atoms with E-state index in [0.717, 1.165) is 5.56 Å². The Hall–Kier alpha value is -0.890.